The minimum atomic E-state index is -0.0180. The molecule has 0 bridgehead atoms. The van der Waals surface area contributed by atoms with E-state index in [9.17, 15) is 4.79 Å². The molecule has 1 aliphatic heterocycles. The molecule has 2 aromatic rings. The van der Waals surface area contributed by atoms with Crippen molar-refractivity contribution in [2.75, 3.05) is 45.8 Å². The number of carbonyl (C=O) groups excluding carboxylic acids is 1. The molecule has 1 aromatic heterocycles. The summed E-state index contributed by atoms with van der Waals surface area (Å²) in [5, 5.41) is 3.29. The maximum Gasteiger partial charge on any atom is 0.255 e. The lowest BCUT2D eigenvalue weighted by atomic mass is 10.2. The van der Waals surface area contributed by atoms with Gasteiger partial charge in [-0.05, 0) is 23.8 Å². The molecule has 0 unspecified atom stereocenters. The fraction of sp³-hybridized carbons (Fsp3) is 0.368. The van der Waals surface area contributed by atoms with Gasteiger partial charge in [-0.25, -0.2) is 0 Å². The van der Waals surface area contributed by atoms with E-state index in [2.05, 4.69) is 10.3 Å². The van der Waals surface area contributed by atoms with Crippen LogP contribution in [0, 0.1) is 0 Å². The Hall–Kier alpha value is -2.80. The molecule has 26 heavy (non-hydrogen) atoms. The van der Waals surface area contributed by atoms with Crippen molar-refractivity contribution in [3.63, 3.8) is 0 Å². The van der Waals surface area contributed by atoms with Crippen molar-refractivity contribution in [1.29, 1.82) is 0 Å². The number of hydrogen-bond donors (Lipinski definition) is 1. The number of rotatable bonds is 6. The van der Waals surface area contributed by atoms with Crippen molar-refractivity contribution >= 4 is 11.6 Å². The average molecular weight is 357 g/mol. The number of hydrogen-bond acceptors (Lipinski definition) is 6. The first-order chi connectivity index (χ1) is 12.7. The van der Waals surface area contributed by atoms with Gasteiger partial charge in [-0.1, -0.05) is 6.07 Å². The molecule has 1 amide bonds. The second-order valence-electron chi connectivity index (χ2n) is 5.91. The molecule has 1 aromatic carbocycles. The zero-order chi connectivity index (χ0) is 18.4. The predicted molar refractivity (Wildman–Crippen MR) is 97.8 cm³/mol. The fourth-order valence-corrected chi connectivity index (χ4v) is 2.80. The van der Waals surface area contributed by atoms with Crippen LogP contribution >= 0.6 is 0 Å². The molecule has 0 radical (unpaired) electrons. The van der Waals surface area contributed by atoms with Gasteiger partial charge in [-0.3, -0.25) is 9.78 Å². The van der Waals surface area contributed by atoms with E-state index in [1.807, 2.05) is 24.3 Å². The van der Waals surface area contributed by atoms with E-state index in [1.165, 1.54) is 0 Å². The molecule has 1 saturated heterocycles. The van der Waals surface area contributed by atoms with Crippen molar-refractivity contribution in [3.05, 3.63) is 47.8 Å². The molecule has 2 heterocycles. The third kappa shape index (κ3) is 4.23. The Morgan fingerprint density at radius 2 is 1.92 bits per heavy atom. The normalized spacial score (nSPS) is 14.0. The van der Waals surface area contributed by atoms with Crippen LogP contribution in [0.5, 0.6) is 11.5 Å². The number of nitrogens with one attached hydrogen (secondary N) is 1. The van der Waals surface area contributed by atoms with Gasteiger partial charge in [0.25, 0.3) is 5.91 Å². The molecule has 1 aliphatic rings. The van der Waals surface area contributed by atoms with Crippen molar-refractivity contribution in [3.8, 4) is 11.5 Å². The summed E-state index contributed by atoms with van der Waals surface area (Å²) in [6.07, 6.45) is 3.30. The smallest absolute Gasteiger partial charge is 0.255 e. The molecule has 7 heteroatoms. The van der Waals surface area contributed by atoms with E-state index in [4.69, 9.17) is 14.2 Å². The van der Waals surface area contributed by atoms with Crippen LogP contribution in [0.4, 0.5) is 5.69 Å². The number of methoxy groups -OCH3 is 2. The van der Waals surface area contributed by atoms with Crippen LogP contribution in [0.1, 0.15) is 15.9 Å². The minimum absolute atomic E-state index is 0.0180. The summed E-state index contributed by atoms with van der Waals surface area (Å²) >= 11 is 0. The van der Waals surface area contributed by atoms with Gasteiger partial charge in [-0.2, -0.15) is 0 Å². The molecule has 0 aliphatic carbocycles. The van der Waals surface area contributed by atoms with Crippen molar-refractivity contribution < 1.29 is 19.0 Å². The third-order valence-corrected chi connectivity index (χ3v) is 4.23. The first-order valence-corrected chi connectivity index (χ1v) is 8.48. The van der Waals surface area contributed by atoms with Gasteiger partial charge < -0.3 is 24.4 Å². The van der Waals surface area contributed by atoms with Gasteiger partial charge in [0.2, 0.25) is 0 Å². The number of ether oxygens (including phenoxy) is 3. The molecule has 1 fully saturated rings. The van der Waals surface area contributed by atoms with E-state index in [0.717, 1.165) is 11.3 Å². The highest BCUT2D eigenvalue weighted by atomic mass is 16.5. The Morgan fingerprint density at radius 3 is 2.65 bits per heavy atom. The number of nitrogens with zero attached hydrogens (tertiary/aromatic N) is 2. The number of morpholine rings is 1. The monoisotopic (exact) mass is 357 g/mol. The highest BCUT2D eigenvalue weighted by Crippen LogP contribution is 2.27. The highest BCUT2D eigenvalue weighted by Gasteiger charge is 2.19. The number of benzene rings is 1. The van der Waals surface area contributed by atoms with E-state index in [1.54, 1.807) is 31.5 Å². The Kier molecular flexibility index (Phi) is 5.91. The van der Waals surface area contributed by atoms with Crippen LogP contribution in [0.2, 0.25) is 0 Å². The largest absolute Gasteiger partial charge is 0.493 e. The van der Waals surface area contributed by atoms with Crippen molar-refractivity contribution in [1.82, 2.24) is 9.88 Å². The van der Waals surface area contributed by atoms with Crippen molar-refractivity contribution in [2.45, 2.75) is 6.54 Å². The van der Waals surface area contributed by atoms with Crippen LogP contribution in [-0.2, 0) is 11.3 Å². The maximum atomic E-state index is 12.6. The van der Waals surface area contributed by atoms with E-state index in [0.29, 0.717) is 49.9 Å². The Bertz CT molecular complexity index is 760. The Balaban J connectivity index is 1.66. The minimum Gasteiger partial charge on any atom is -0.493 e. The van der Waals surface area contributed by atoms with Crippen LogP contribution in [0.15, 0.2) is 36.7 Å². The summed E-state index contributed by atoms with van der Waals surface area (Å²) in [6, 6.07) is 7.57. The molecular formula is C19H23N3O4. The van der Waals surface area contributed by atoms with E-state index >= 15 is 0 Å². The predicted octanol–water partition coefficient (Wildman–Crippen LogP) is 2.18. The lowest BCUT2D eigenvalue weighted by molar-refractivity contribution is 0.0302. The van der Waals surface area contributed by atoms with Gasteiger partial charge >= 0.3 is 0 Å². The molecule has 138 valence electrons. The summed E-state index contributed by atoms with van der Waals surface area (Å²) in [7, 11) is 3.22. The molecule has 1 N–H and O–H groups in total. The fourth-order valence-electron chi connectivity index (χ4n) is 2.80. The topological polar surface area (TPSA) is 72.9 Å². The Morgan fingerprint density at radius 1 is 1.15 bits per heavy atom. The number of pyridine rings is 1. The SMILES string of the molecule is COc1ccc(CNc2cncc(C(=O)N3CCOCC3)c2)cc1OC. The summed E-state index contributed by atoms with van der Waals surface area (Å²) in [4.78, 5) is 18.5. The molecule has 3 rings (SSSR count). The third-order valence-electron chi connectivity index (χ3n) is 4.23. The summed E-state index contributed by atoms with van der Waals surface area (Å²) in [5.41, 5.74) is 2.40. The van der Waals surface area contributed by atoms with Gasteiger partial charge in [0, 0.05) is 32.0 Å². The van der Waals surface area contributed by atoms with E-state index in [-0.39, 0.29) is 5.91 Å². The van der Waals surface area contributed by atoms with Gasteiger partial charge in [0.05, 0.1) is 38.7 Å². The highest BCUT2D eigenvalue weighted by molar-refractivity contribution is 5.94. The summed E-state index contributed by atoms with van der Waals surface area (Å²) in [6.45, 7) is 2.97. The Labute approximate surface area is 152 Å². The van der Waals surface area contributed by atoms with Crippen LogP contribution in [-0.4, -0.2) is 56.3 Å². The lowest BCUT2D eigenvalue weighted by Crippen LogP contribution is -2.40. The van der Waals surface area contributed by atoms with E-state index < -0.39 is 0 Å². The van der Waals surface area contributed by atoms with Crippen LogP contribution < -0.4 is 14.8 Å². The number of anilines is 1. The van der Waals surface area contributed by atoms with Crippen LogP contribution in [0.3, 0.4) is 0 Å². The zero-order valence-corrected chi connectivity index (χ0v) is 15.0. The van der Waals surface area contributed by atoms with Gasteiger partial charge in [0.15, 0.2) is 11.5 Å². The summed E-state index contributed by atoms with van der Waals surface area (Å²) < 4.78 is 15.9. The number of aromatic nitrogens is 1. The second kappa shape index (κ2) is 8.53. The average Bonchev–Trinajstić information content (AvgIpc) is 2.72. The second-order valence-corrected chi connectivity index (χ2v) is 5.91. The molecule has 7 nitrogen and oxygen atoms in total. The molecule has 0 saturated carbocycles. The van der Waals surface area contributed by atoms with Gasteiger partial charge in [-0.15, -0.1) is 0 Å². The maximum absolute atomic E-state index is 12.6. The van der Waals surface area contributed by atoms with Crippen molar-refractivity contribution in [2.24, 2.45) is 0 Å². The molecular weight excluding hydrogens is 334 g/mol. The standard InChI is InChI=1S/C19H23N3O4/c1-24-17-4-3-14(9-18(17)25-2)11-21-16-10-15(12-20-13-16)19(23)22-5-7-26-8-6-22/h3-4,9-10,12-13,21H,5-8,11H2,1-2H3. The quantitative estimate of drug-likeness (QED) is 0.854. The number of carbonyl (C=O) groups is 1. The zero-order valence-electron chi connectivity index (χ0n) is 15.0. The van der Waals surface area contributed by atoms with Crippen LogP contribution in [0.25, 0.3) is 0 Å². The molecule has 0 atom stereocenters. The first-order valence-electron chi connectivity index (χ1n) is 8.48. The lowest BCUT2D eigenvalue weighted by Gasteiger charge is -2.26. The summed E-state index contributed by atoms with van der Waals surface area (Å²) in [5.74, 6) is 1.35. The van der Waals surface area contributed by atoms with Gasteiger partial charge in [0.1, 0.15) is 0 Å². The molecule has 0 spiro atoms. The number of amides is 1. The first kappa shape index (κ1) is 18.0.